The molecule has 0 radical (unpaired) electrons. The van der Waals surface area contributed by atoms with E-state index < -0.39 is 27.9 Å². The van der Waals surface area contributed by atoms with Crippen LogP contribution in [0.2, 0.25) is 0 Å². The molecule has 0 bridgehead atoms. The molecule has 1 aliphatic rings. The van der Waals surface area contributed by atoms with Crippen LogP contribution in [0.3, 0.4) is 0 Å². The number of sulfonamides is 1. The van der Waals surface area contributed by atoms with E-state index in [-0.39, 0.29) is 23.7 Å². The van der Waals surface area contributed by atoms with Crippen LogP contribution in [0.15, 0.2) is 41.4 Å². The van der Waals surface area contributed by atoms with Crippen LogP contribution in [0.1, 0.15) is 30.3 Å². The monoisotopic (exact) mass is 435 g/mol. The molecule has 0 spiro atoms. The summed E-state index contributed by atoms with van der Waals surface area (Å²) in [5.74, 6) is -0.546. The number of nitrogens with one attached hydrogen (secondary N) is 1. The molecule has 1 aromatic carbocycles. The highest BCUT2D eigenvalue weighted by Gasteiger charge is 2.40. The van der Waals surface area contributed by atoms with Crippen LogP contribution in [0.4, 0.5) is 5.69 Å². The number of anilines is 1. The third kappa shape index (κ3) is 4.19. The van der Waals surface area contributed by atoms with Crippen LogP contribution >= 0.6 is 0 Å². The highest BCUT2D eigenvalue weighted by Crippen LogP contribution is 2.29. The number of amides is 1. The molecule has 1 aromatic heterocycles. The molecule has 3 rings (SSSR count). The van der Waals surface area contributed by atoms with Crippen molar-refractivity contribution in [3.05, 3.63) is 42.2 Å². The van der Waals surface area contributed by atoms with Gasteiger partial charge in [0.05, 0.1) is 19.4 Å². The first-order valence-corrected chi connectivity index (χ1v) is 11.0. The van der Waals surface area contributed by atoms with E-state index in [0.717, 1.165) is 0 Å². The number of esters is 1. The third-order valence-corrected chi connectivity index (χ3v) is 6.82. The Balaban J connectivity index is 1.84. The fourth-order valence-corrected chi connectivity index (χ4v) is 5.20. The summed E-state index contributed by atoms with van der Waals surface area (Å²) in [6.07, 6.45) is 2.31. The molecule has 1 fully saturated rings. The first-order valence-electron chi connectivity index (χ1n) is 9.58. The van der Waals surface area contributed by atoms with E-state index in [9.17, 15) is 18.0 Å². The van der Waals surface area contributed by atoms with Crippen LogP contribution in [0, 0.1) is 0 Å². The van der Waals surface area contributed by atoms with Crippen LogP contribution in [-0.2, 0) is 26.6 Å². The van der Waals surface area contributed by atoms with Crippen molar-refractivity contribution >= 4 is 27.6 Å². The van der Waals surface area contributed by atoms with Crippen LogP contribution in [0.5, 0.6) is 5.75 Å². The number of hydrogen-bond acceptors (Lipinski definition) is 6. The number of aromatic nitrogens is 1. The van der Waals surface area contributed by atoms with E-state index in [0.29, 0.717) is 24.3 Å². The van der Waals surface area contributed by atoms with E-state index >= 15 is 0 Å². The highest BCUT2D eigenvalue weighted by molar-refractivity contribution is 7.89. The molecule has 1 amide bonds. The fraction of sp³-hybridized carbons (Fsp3) is 0.400. The first-order chi connectivity index (χ1) is 14.3. The normalized spacial score (nSPS) is 17.0. The summed E-state index contributed by atoms with van der Waals surface area (Å²) in [5.41, 5.74) is 0.600. The Bertz CT molecular complexity index is 1050. The second-order valence-corrected chi connectivity index (χ2v) is 8.75. The summed E-state index contributed by atoms with van der Waals surface area (Å²) in [5, 5.41) is 2.76. The zero-order valence-electron chi connectivity index (χ0n) is 17.1. The molecular formula is C20H25N3O6S. The van der Waals surface area contributed by atoms with Gasteiger partial charge in [-0.25, -0.2) is 13.2 Å². The molecule has 2 aromatic rings. The zero-order chi connectivity index (χ0) is 21.9. The van der Waals surface area contributed by atoms with Crippen molar-refractivity contribution in [2.24, 2.45) is 7.05 Å². The molecule has 0 unspecified atom stereocenters. The van der Waals surface area contributed by atoms with E-state index in [1.165, 1.54) is 28.2 Å². The Kier molecular flexibility index (Phi) is 6.47. The van der Waals surface area contributed by atoms with Gasteiger partial charge in [-0.3, -0.25) is 4.79 Å². The Morgan fingerprint density at radius 1 is 1.27 bits per heavy atom. The Hall–Kier alpha value is -2.85. The maximum atomic E-state index is 13.2. The minimum absolute atomic E-state index is 0.0509. The zero-order valence-corrected chi connectivity index (χ0v) is 17.9. The molecule has 1 aliphatic heterocycles. The van der Waals surface area contributed by atoms with Crippen molar-refractivity contribution < 1.29 is 27.5 Å². The van der Waals surface area contributed by atoms with Gasteiger partial charge >= 0.3 is 5.97 Å². The lowest BCUT2D eigenvalue weighted by Gasteiger charge is -2.23. The Morgan fingerprint density at radius 2 is 2.00 bits per heavy atom. The molecule has 10 heteroatoms. The summed E-state index contributed by atoms with van der Waals surface area (Å²) in [4.78, 5) is 24.9. The quantitative estimate of drug-likeness (QED) is 0.667. The topological polar surface area (TPSA) is 107 Å². The van der Waals surface area contributed by atoms with Gasteiger partial charge in [0.15, 0.2) is 0 Å². The lowest BCUT2D eigenvalue weighted by molar-refractivity contribution is -0.119. The minimum atomic E-state index is -3.98. The Morgan fingerprint density at radius 3 is 2.70 bits per heavy atom. The maximum absolute atomic E-state index is 13.2. The van der Waals surface area contributed by atoms with Crippen molar-refractivity contribution in [1.82, 2.24) is 8.87 Å². The van der Waals surface area contributed by atoms with E-state index in [2.05, 4.69) is 5.32 Å². The smallest absolute Gasteiger partial charge is 0.354 e. The summed E-state index contributed by atoms with van der Waals surface area (Å²) in [6.45, 7) is 2.08. The fourth-order valence-electron chi connectivity index (χ4n) is 3.47. The lowest BCUT2D eigenvalue weighted by Crippen LogP contribution is -2.43. The number of rotatable bonds is 7. The van der Waals surface area contributed by atoms with Gasteiger partial charge in [-0.1, -0.05) is 12.1 Å². The van der Waals surface area contributed by atoms with Gasteiger partial charge in [-0.15, -0.1) is 0 Å². The van der Waals surface area contributed by atoms with Crippen molar-refractivity contribution in [2.75, 3.05) is 25.6 Å². The van der Waals surface area contributed by atoms with Gasteiger partial charge in [-0.2, -0.15) is 4.31 Å². The number of aryl methyl sites for hydroxylation is 1. The number of para-hydroxylation sites is 2. The van der Waals surface area contributed by atoms with Crippen molar-refractivity contribution in [1.29, 1.82) is 0 Å². The number of hydrogen-bond donors (Lipinski definition) is 1. The van der Waals surface area contributed by atoms with Gasteiger partial charge in [0.2, 0.25) is 15.9 Å². The average Bonchev–Trinajstić information content (AvgIpc) is 3.36. The average molecular weight is 436 g/mol. The van der Waals surface area contributed by atoms with Gasteiger partial charge in [0.25, 0.3) is 0 Å². The predicted octanol–water partition coefficient (Wildman–Crippen LogP) is 2.00. The number of methoxy groups -OCH3 is 1. The summed E-state index contributed by atoms with van der Waals surface area (Å²) < 4.78 is 39.2. The standard InChI is InChI=1S/C20H25N3O6S/c1-4-29-20(25)17-12-14(13-22(17)2)30(26,27)23-11-7-9-16(23)19(24)21-15-8-5-6-10-18(15)28-3/h5-6,8,10,12-13,16H,4,7,9,11H2,1-3H3,(H,21,24)/t16-/m1/s1. The summed E-state index contributed by atoms with van der Waals surface area (Å²) in [7, 11) is -0.914. The predicted molar refractivity (Wildman–Crippen MR) is 110 cm³/mol. The first kappa shape index (κ1) is 21.8. The van der Waals surface area contributed by atoms with Crippen molar-refractivity contribution in [3.8, 4) is 5.75 Å². The molecule has 9 nitrogen and oxygen atoms in total. The van der Waals surface area contributed by atoms with Gasteiger partial charge in [0.1, 0.15) is 22.4 Å². The minimum Gasteiger partial charge on any atom is -0.495 e. The molecule has 1 atom stereocenters. The van der Waals surface area contributed by atoms with Crippen molar-refractivity contribution in [3.63, 3.8) is 0 Å². The number of ether oxygens (including phenoxy) is 2. The number of nitrogens with zero attached hydrogens (tertiary/aromatic N) is 2. The molecular weight excluding hydrogens is 410 g/mol. The molecule has 30 heavy (non-hydrogen) atoms. The van der Waals surface area contributed by atoms with E-state index in [4.69, 9.17) is 9.47 Å². The van der Waals surface area contributed by atoms with Crippen LogP contribution < -0.4 is 10.1 Å². The molecule has 2 heterocycles. The molecule has 1 saturated heterocycles. The van der Waals surface area contributed by atoms with E-state index in [1.54, 1.807) is 38.2 Å². The molecule has 162 valence electrons. The van der Waals surface area contributed by atoms with E-state index in [1.807, 2.05) is 0 Å². The summed E-state index contributed by atoms with van der Waals surface area (Å²) in [6, 6.07) is 7.35. The van der Waals surface area contributed by atoms with Gasteiger partial charge in [0, 0.05) is 19.8 Å². The number of carbonyl (C=O) groups excluding carboxylic acids is 2. The number of benzene rings is 1. The highest BCUT2D eigenvalue weighted by atomic mass is 32.2. The SMILES string of the molecule is CCOC(=O)c1cc(S(=O)(=O)N2CCC[C@@H]2C(=O)Nc2ccccc2OC)cn1C. The third-order valence-electron chi connectivity index (χ3n) is 4.94. The molecule has 0 saturated carbocycles. The maximum Gasteiger partial charge on any atom is 0.354 e. The van der Waals surface area contributed by atoms with Crippen molar-refractivity contribution in [2.45, 2.75) is 30.7 Å². The summed E-state index contributed by atoms with van der Waals surface area (Å²) >= 11 is 0. The van der Waals surface area contributed by atoms with Crippen LogP contribution in [-0.4, -0.2) is 55.5 Å². The second-order valence-electron chi connectivity index (χ2n) is 6.86. The largest absolute Gasteiger partial charge is 0.495 e. The Labute approximate surface area is 175 Å². The van der Waals surface area contributed by atoms with Gasteiger partial charge < -0.3 is 19.4 Å². The van der Waals surface area contributed by atoms with Gasteiger partial charge in [-0.05, 0) is 38.0 Å². The lowest BCUT2D eigenvalue weighted by atomic mass is 10.2. The molecule has 0 aliphatic carbocycles. The van der Waals surface area contributed by atoms with Crippen LogP contribution in [0.25, 0.3) is 0 Å². The number of carbonyl (C=O) groups is 2. The molecule has 1 N–H and O–H groups in total. The second kappa shape index (κ2) is 8.88.